The molecule has 0 bridgehead atoms. The van der Waals surface area contributed by atoms with Crippen LogP contribution in [0.25, 0.3) is 10.8 Å². The standard InChI is InChI=1S/C34H42N2O3/c1-24(2)21-36(32(38)28-13-12-26-6-3-4-7-27(26)18-28)30-14-15-34(39)23-35(22-25-10-11-25)17-16-33(34,20-30)29-8-5-9-31(37)19-29/h3-9,12-13,18-19,24-25,30,37,39H,10-11,14-17,20-23H2,1-2H3. The number of rotatable bonds is 7. The third kappa shape index (κ3) is 5.07. The molecule has 0 spiro atoms. The lowest BCUT2D eigenvalue weighted by molar-refractivity contribution is -0.133. The lowest BCUT2D eigenvalue weighted by Gasteiger charge is -2.59. The van der Waals surface area contributed by atoms with Gasteiger partial charge in [0.15, 0.2) is 0 Å². The van der Waals surface area contributed by atoms with E-state index < -0.39 is 11.0 Å². The molecule has 39 heavy (non-hydrogen) atoms. The molecular weight excluding hydrogens is 484 g/mol. The summed E-state index contributed by atoms with van der Waals surface area (Å²) >= 11 is 0. The number of hydrogen-bond acceptors (Lipinski definition) is 4. The SMILES string of the molecule is CC(C)CN(C(=O)c1ccc2ccccc2c1)C1CCC2(O)CN(CC3CC3)CCC2(c2cccc(O)c2)C1. The fraction of sp³-hybridized carbons (Fsp3) is 0.500. The third-order valence-electron chi connectivity index (χ3n) is 9.58. The highest BCUT2D eigenvalue weighted by molar-refractivity contribution is 5.98. The Kier molecular flexibility index (Phi) is 6.93. The highest BCUT2D eigenvalue weighted by atomic mass is 16.3. The molecule has 2 saturated carbocycles. The van der Waals surface area contributed by atoms with Crippen molar-refractivity contribution in [3.05, 3.63) is 77.9 Å². The van der Waals surface area contributed by atoms with Gasteiger partial charge in [0, 0.05) is 36.7 Å². The monoisotopic (exact) mass is 526 g/mol. The number of phenolic OH excluding ortho intramolecular Hbond substituents is 1. The predicted molar refractivity (Wildman–Crippen MR) is 156 cm³/mol. The Morgan fingerprint density at radius 2 is 1.79 bits per heavy atom. The molecule has 2 N–H and O–H groups in total. The summed E-state index contributed by atoms with van der Waals surface area (Å²) in [4.78, 5) is 18.7. The van der Waals surface area contributed by atoms with Crippen LogP contribution in [0.1, 0.15) is 68.3 Å². The molecule has 1 amide bonds. The first-order valence-corrected chi connectivity index (χ1v) is 14.8. The van der Waals surface area contributed by atoms with Crippen LogP contribution in [0.4, 0.5) is 0 Å². The molecule has 3 aromatic rings. The van der Waals surface area contributed by atoms with Gasteiger partial charge < -0.3 is 20.0 Å². The maximum atomic E-state index is 14.2. The maximum absolute atomic E-state index is 14.2. The van der Waals surface area contributed by atoms with Crippen LogP contribution >= 0.6 is 0 Å². The van der Waals surface area contributed by atoms with E-state index in [9.17, 15) is 15.0 Å². The van der Waals surface area contributed by atoms with Crippen molar-refractivity contribution >= 4 is 16.7 Å². The number of fused-ring (bicyclic) bond motifs is 2. The molecule has 1 saturated heterocycles. The highest BCUT2D eigenvalue weighted by Crippen LogP contribution is 2.53. The number of carbonyl (C=O) groups is 1. The summed E-state index contributed by atoms with van der Waals surface area (Å²) in [5.41, 5.74) is 0.331. The zero-order chi connectivity index (χ0) is 27.2. The Bertz CT molecular complexity index is 1350. The van der Waals surface area contributed by atoms with Gasteiger partial charge in [0.05, 0.1) is 5.60 Å². The van der Waals surface area contributed by atoms with Gasteiger partial charge in [-0.15, -0.1) is 0 Å². The maximum Gasteiger partial charge on any atom is 0.254 e. The van der Waals surface area contributed by atoms with Gasteiger partial charge in [0.2, 0.25) is 0 Å². The molecule has 1 heterocycles. The Labute approximate surface area is 232 Å². The molecule has 0 aromatic heterocycles. The van der Waals surface area contributed by atoms with Gasteiger partial charge in [-0.2, -0.15) is 0 Å². The second-order valence-corrected chi connectivity index (χ2v) is 12.9. The van der Waals surface area contributed by atoms with Crippen LogP contribution < -0.4 is 0 Å². The molecule has 206 valence electrons. The molecule has 2 aliphatic carbocycles. The fourth-order valence-corrected chi connectivity index (χ4v) is 7.40. The predicted octanol–water partition coefficient (Wildman–Crippen LogP) is 5.98. The van der Waals surface area contributed by atoms with E-state index in [4.69, 9.17) is 0 Å². The summed E-state index contributed by atoms with van der Waals surface area (Å²) in [7, 11) is 0. The number of benzene rings is 3. The zero-order valence-corrected chi connectivity index (χ0v) is 23.4. The van der Waals surface area contributed by atoms with Crippen LogP contribution in [0.2, 0.25) is 0 Å². The van der Waals surface area contributed by atoms with E-state index in [1.54, 1.807) is 6.07 Å². The van der Waals surface area contributed by atoms with Gasteiger partial charge in [-0.05, 0) is 97.5 Å². The Hall–Kier alpha value is -2.89. The van der Waals surface area contributed by atoms with Gasteiger partial charge in [-0.25, -0.2) is 0 Å². The number of amides is 1. The topological polar surface area (TPSA) is 64.0 Å². The van der Waals surface area contributed by atoms with E-state index in [0.717, 1.165) is 53.7 Å². The molecule has 3 atom stereocenters. The second kappa shape index (κ2) is 10.3. The molecule has 5 heteroatoms. The minimum atomic E-state index is -0.889. The second-order valence-electron chi connectivity index (χ2n) is 12.9. The molecule has 6 rings (SSSR count). The van der Waals surface area contributed by atoms with Crippen molar-refractivity contribution < 1.29 is 15.0 Å². The molecule has 3 aliphatic rings. The Morgan fingerprint density at radius 1 is 1.00 bits per heavy atom. The van der Waals surface area contributed by atoms with Gasteiger partial charge in [0.1, 0.15) is 5.75 Å². The lowest BCUT2D eigenvalue weighted by atomic mass is 9.55. The highest BCUT2D eigenvalue weighted by Gasteiger charge is 2.58. The molecule has 0 radical (unpaired) electrons. The average molecular weight is 527 g/mol. The largest absolute Gasteiger partial charge is 0.508 e. The lowest BCUT2D eigenvalue weighted by Crippen LogP contribution is -2.67. The van der Waals surface area contributed by atoms with Crippen molar-refractivity contribution in [1.82, 2.24) is 9.80 Å². The normalized spacial score (nSPS) is 27.4. The fourth-order valence-electron chi connectivity index (χ4n) is 7.40. The van der Waals surface area contributed by atoms with Crippen molar-refractivity contribution in [1.29, 1.82) is 0 Å². The number of phenols is 1. The van der Waals surface area contributed by atoms with E-state index >= 15 is 0 Å². The van der Waals surface area contributed by atoms with Crippen molar-refractivity contribution in [3.63, 3.8) is 0 Å². The minimum Gasteiger partial charge on any atom is -0.508 e. The summed E-state index contributed by atoms with van der Waals surface area (Å²) in [6.07, 6.45) is 5.56. The number of carbonyl (C=O) groups excluding carboxylic acids is 1. The number of nitrogens with zero attached hydrogens (tertiary/aromatic N) is 2. The summed E-state index contributed by atoms with van der Waals surface area (Å²) in [6.45, 7) is 7.68. The number of aromatic hydroxyl groups is 1. The molecule has 1 aliphatic heterocycles. The van der Waals surface area contributed by atoms with Gasteiger partial charge >= 0.3 is 0 Å². The third-order valence-corrected chi connectivity index (χ3v) is 9.58. The van der Waals surface area contributed by atoms with Crippen LogP contribution in [0.5, 0.6) is 5.75 Å². The number of likely N-dealkylation sites (tertiary alicyclic amines) is 1. The average Bonchev–Trinajstić information content (AvgIpc) is 3.74. The first-order chi connectivity index (χ1) is 18.8. The van der Waals surface area contributed by atoms with E-state index in [1.807, 2.05) is 42.5 Å². The first kappa shape index (κ1) is 26.3. The Balaban J connectivity index is 1.35. The van der Waals surface area contributed by atoms with Crippen molar-refractivity contribution in [2.24, 2.45) is 11.8 Å². The van der Waals surface area contributed by atoms with Crippen LogP contribution in [0.3, 0.4) is 0 Å². The number of aliphatic hydroxyl groups is 1. The zero-order valence-electron chi connectivity index (χ0n) is 23.4. The molecule has 3 fully saturated rings. The molecular formula is C34H42N2O3. The smallest absolute Gasteiger partial charge is 0.254 e. The van der Waals surface area contributed by atoms with E-state index in [0.29, 0.717) is 31.8 Å². The quantitative estimate of drug-likeness (QED) is 0.398. The molecule has 3 unspecified atom stereocenters. The van der Waals surface area contributed by atoms with Crippen LogP contribution in [0, 0.1) is 11.8 Å². The Morgan fingerprint density at radius 3 is 2.54 bits per heavy atom. The summed E-state index contributed by atoms with van der Waals surface area (Å²) in [5, 5.41) is 25.1. The first-order valence-electron chi connectivity index (χ1n) is 14.8. The van der Waals surface area contributed by atoms with Crippen molar-refractivity contribution in [3.8, 4) is 5.75 Å². The summed E-state index contributed by atoms with van der Waals surface area (Å²) in [6, 6.07) is 21.7. The minimum absolute atomic E-state index is 0.0176. The van der Waals surface area contributed by atoms with Crippen molar-refractivity contribution in [2.75, 3.05) is 26.2 Å². The van der Waals surface area contributed by atoms with E-state index in [-0.39, 0.29) is 17.7 Å². The summed E-state index contributed by atoms with van der Waals surface area (Å²) in [5.74, 6) is 1.41. The number of hydrogen-bond donors (Lipinski definition) is 2. The van der Waals surface area contributed by atoms with Crippen LogP contribution in [0.15, 0.2) is 66.7 Å². The van der Waals surface area contributed by atoms with Crippen LogP contribution in [-0.4, -0.2) is 63.7 Å². The van der Waals surface area contributed by atoms with E-state index in [1.165, 1.54) is 12.8 Å². The van der Waals surface area contributed by atoms with Gasteiger partial charge in [0.25, 0.3) is 5.91 Å². The summed E-state index contributed by atoms with van der Waals surface area (Å²) < 4.78 is 0. The van der Waals surface area contributed by atoms with Gasteiger partial charge in [-0.1, -0.05) is 56.3 Å². The van der Waals surface area contributed by atoms with Crippen molar-refractivity contribution in [2.45, 2.75) is 69.4 Å². The number of piperidine rings is 1. The molecule has 3 aromatic carbocycles. The molecule has 5 nitrogen and oxygen atoms in total. The van der Waals surface area contributed by atoms with Gasteiger partial charge in [-0.3, -0.25) is 4.79 Å². The van der Waals surface area contributed by atoms with E-state index in [2.05, 4.69) is 41.8 Å². The number of β-amino-alcohol motifs (C(OH)–C–C–N with tert-alkyl or cyclic N) is 1. The van der Waals surface area contributed by atoms with Crippen LogP contribution in [-0.2, 0) is 5.41 Å².